The van der Waals surface area contributed by atoms with Crippen LogP contribution in [0.25, 0.3) is 0 Å². The van der Waals surface area contributed by atoms with Crippen LogP contribution in [0.15, 0.2) is 0 Å². The van der Waals surface area contributed by atoms with Crippen LogP contribution in [0, 0.1) is 5.41 Å². The standard InChI is InChI=1S/C8H14F3O3P/c1-7(2)5-13-15(14-6-7)12-4-3-8(9,10)11/h3-6H2,1-2H3. The van der Waals surface area contributed by atoms with Crippen molar-refractivity contribution in [1.29, 1.82) is 0 Å². The lowest BCUT2D eigenvalue weighted by atomic mass is 9.97. The molecule has 0 aromatic heterocycles. The van der Waals surface area contributed by atoms with E-state index in [2.05, 4.69) is 0 Å². The van der Waals surface area contributed by atoms with E-state index in [4.69, 9.17) is 13.6 Å². The minimum atomic E-state index is -4.19. The second-order valence-electron chi connectivity index (χ2n) is 4.13. The summed E-state index contributed by atoms with van der Waals surface area (Å²) in [5.74, 6) is 0. The van der Waals surface area contributed by atoms with Gasteiger partial charge in [-0.15, -0.1) is 0 Å². The summed E-state index contributed by atoms with van der Waals surface area (Å²) in [6.45, 7) is 4.40. The van der Waals surface area contributed by atoms with E-state index in [-0.39, 0.29) is 5.41 Å². The zero-order valence-corrected chi connectivity index (χ0v) is 9.53. The summed E-state index contributed by atoms with van der Waals surface area (Å²) >= 11 is 0. The van der Waals surface area contributed by atoms with Crippen LogP contribution in [-0.2, 0) is 13.6 Å². The smallest absolute Gasteiger partial charge is 0.312 e. The first kappa shape index (κ1) is 13.2. The summed E-state index contributed by atoms with van der Waals surface area (Å²) in [5.41, 5.74) is -0.0911. The lowest BCUT2D eigenvalue weighted by Crippen LogP contribution is -2.28. The van der Waals surface area contributed by atoms with Gasteiger partial charge >= 0.3 is 14.8 Å². The van der Waals surface area contributed by atoms with Crippen molar-refractivity contribution >= 4 is 8.60 Å². The highest BCUT2D eigenvalue weighted by atomic mass is 31.2. The van der Waals surface area contributed by atoms with Crippen LogP contribution in [0.1, 0.15) is 20.3 Å². The Hall–Kier alpha value is 0.100. The van der Waals surface area contributed by atoms with Gasteiger partial charge in [-0.3, -0.25) is 0 Å². The van der Waals surface area contributed by atoms with E-state index in [1.165, 1.54) is 0 Å². The molecule has 0 radical (unpaired) electrons. The Morgan fingerprint density at radius 2 is 1.80 bits per heavy atom. The zero-order valence-electron chi connectivity index (χ0n) is 8.63. The van der Waals surface area contributed by atoms with Gasteiger partial charge < -0.3 is 13.6 Å². The molecule has 3 nitrogen and oxygen atoms in total. The molecule has 0 aliphatic carbocycles. The highest BCUT2D eigenvalue weighted by Crippen LogP contribution is 2.46. The predicted octanol–water partition coefficient (Wildman–Crippen LogP) is 3.26. The molecular formula is C8H14F3O3P. The normalized spacial score (nSPS) is 23.0. The van der Waals surface area contributed by atoms with Gasteiger partial charge in [-0.25, -0.2) is 0 Å². The maximum absolute atomic E-state index is 11.8. The first-order valence-electron chi connectivity index (χ1n) is 4.54. The van der Waals surface area contributed by atoms with E-state index in [1.807, 2.05) is 13.8 Å². The Morgan fingerprint density at radius 3 is 2.27 bits per heavy atom. The SMILES string of the molecule is CC1(C)COP(OCCC(F)(F)F)OC1. The molecule has 90 valence electrons. The Morgan fingerprint density at radius 1 is 1.27 bits per heavy atom. The molecule has 1 heterocycles. The Labute approximate surface area is 87.9 Å². The molecule has 0 aromatic rings. The second kappa shape index (κ2) is 4.95. The largest absolute Gasteiger partial charge is 0.391 e. The topological polar surface area (TPSA) is 27.7 Å². The number of rotatable bonds is 3. The van der Waals surface area contributed by atoms with Gasteiger partial charge in [-0.2, -0.15) is 13.2 Å². The first-order chi connectivity index (χ1) is 6.79. The van der Waals surface area contributed by atoms with Gasteiger partial charge in [0.15, 0.2) is 0 Å². The molecule has 1 rings (SSSR count). The van der Waals surface area contributed by atoms with Crippen LogP contribution < -0.4 is 0 Å². The molecule has 1 fully saturated rings. The molecule has 0 aromatic carbocycles. The van der Waals surface area contributed by atoms with Crippen molar-refractivity contribution in [3.05, 3.63) is 0 Å². The van der Waals surface area contributed by atoms with Gasteiger partial charge in [-0.1, -0.05) is 13.8 Å². The van der Waals surface area contributed by atoms with Crippen molar-refractivity contribution in [2.24, 2.45) is 5.41 Å². The fourth-order valence-electron chi connectivity index (χ4n) is 0.844. The average Bonchev–Trinajstić information content (AvgIpc) is 2.06. The number of hydrogen-bond donors (Lipinski definition) is 0. The average molecular weight is 246 g/mol. The number of hydrogen-bond acceptors (Lipinski definition) is 3. The third-order valence-corrected chi connectivity index (χ3v) is 2.78. The monoisotopic (exact) mass is 246 g/mol. The van der Waals surface area contributed by atoms with Gasteiger partial charge in [0.05, 0.1) is 26.2 Å². The van der Waals surface area contributed by atoms with Crippen molar-refractivity contribution in [3.63, 3.8) is 0 Å². The maximum atomic E-state index is 11.8. The molecular weight excluding hydrogens is 232 g/mol. The van der Waals surface area contributed by atoms with Crippen LogP contribution in [-0.4, -0.2) is 26.0 Å². The quantitative estimate of drug-likeness (QED) is 0.715. The third-order valence-electron chi connectivity index (χ3n) is 1.70. The van der Waals surface area contributed by atoms with Crippen LogP contribution in [0.4, 0.5) is 13.2 Å². The van der Waals surface area contributed by atoms with Crippen molar-refractivity contribution in [1.82, 2.24) is 0 Å². The van der Waals surface area contributed by atoms with E-state index >= 15 is 0 Å². The minimum absolute atomic E-state index is 0.0911. The molecule has 1 aliphatic heterocycles. The van der Waals surface area contributed by atoms with E-state index in [0.29, 0.717) is 13.2 Å². The second-order valence-corrected chi connectivity index (χ2v) is 5.35. The van der Waals surface area contributed by atoms with Crippen LogP contribution in [0.5, 0.6) is 0 Å². The van der Waals surface area contributed by atoms with Crippen molar-refractivity contribution in [3.8, 4) is 0 Å². The van der Waals surface area contributed by atoms with Crippen molar-refractivity contribution < 1.29 is 26.7 Å². The predicted molar refractivity (Wildman–Crippen MR) is 49.2 cm³/mol. The van der Waals surface area contributed by atoms with E-state index in [9.17, 15) is 13.2 Å². The summed E-state index contributed by atoms with van der Waals surface area (Å²) in [7, 11) is -1.58. The Balaban J connectivity index is 2.14. The van der Waals surface area contributed by atoms with Gasteiger partial charge in [0.25, 0.3) is 0 Å². The third kappa shape index (κ3) is 5.66. The summed E-state index contributed by atoms with van der Waals surface area (Å²) in [6, 6.07) is 0. The van der Waals surface area contributed by atoms with Crippen LogP contribution in [0.2, 0.25) is 0 Å². The molecule has 0 unspecified atom stereocenters. The zero-order chi connectivity index (χ0) is 11.5. The lowest BCUT2D eigenvalue weighted by Gasteiger charge is -2.32. The fraction of sp³-hybridized carbons (Fsp3) is 1.00. The van der Waals surface area contributed by atoms with Gasteiger partial charge in [0.1, 0.15) is 0 Å². The summed E-state index contributed by atoms with van der Waals surface area (Å²) in [4.78, 5) is 0. The van der Waals surface area contributed by atoms with Gasteiger partial charge in [-0.05, 0) is 0 Å². The molecule has 7 heteroatoms. The molecule has 1 saturated heterocycles. The molecule has 0 spiro atoms. The highest BCUT2D eigenvalue weighted by Gasteiger charge is 2.32. The molecule has 0 atom stereocenters. The first-order valence-corrected chi connectivity index (χ1v) is 5.64. The van der Waals surface area contributed by atoms with E-state index in [1.54, 1.807) is 0 Å². The number of alkyl halides is 3. The minimum Gasteiger partial charge on any atom is -0.312 e. The fourth-order valence-corrected chi connectivity index (χ4v) is 2.22. The summed E-state index contributed by atoms with van der Waals surface area (Å²) < 4.78 is 50.5. The molecule has 0 N–H and O–H groups in total. The maximum Gasteiger partial charge on any atom is 0.391 e. The molecule has 1 aliphatic rings. The van der Waals surface area contributed by atoms with Crippen molar-refractivity contribution in [2.45, 2.75) is 26.4 Å². The van der Waals surface area contributed by atoms with E-state index < -0.39 is 27.8 Å². The van der Waals surface area contributed by atoms with E-state index in [0.717, 1.165) is 0 Å². The molecule has 15 heavy (non-hydrogen) atoms. The number of halogens is 3. The lowest BCUT2D eigenvalue weighted by molar-refractivity contribution is -0.140. The Kier molecular flexibility index (Phi) is 4.35. The molecule has 0 amide bonds. The molecule has 0 bridgehead atoms. The van der Waals surface area contributed by atoms with Crippen LogP contribution in [0.3, 0.4) is 0 Å². The summed E-state index contributed by atoms with van der Waals surface area (Å²) in [6.07, 6.45) is -5.16. The Bertz CT molecular complexity index is 198. The van der Waals surface area contributed by atoms with Gasteiger partial charge in [0.2, 0.25) is 0 Å². The highest BCUT2D eigenvalue weighted by molar-refractivity contribution is 7.41. The van der Waals surface area contributed by atoms with Crippen molar-refractivity contribution in [2.75, 3.05) is 19.8 Å². The summed E-state index contributed by atoms with van der Waals surface area (Å²) in [5, 5.41) is 0. The van der Waals surface area contributed by atoms with Crippen LogP contribution >= 0.6 is 8.60 Å². The molecule has 0 saturated carbocycles. The van der Waals surface area contributed by atoms with Gasteiger partial charge in [0, 0.05) is 5.41 Å².